The van der Waals surface area contributed by atoms with Crippen molar-refractivity contribution >= 4 is 23.2 Å². The van der Waals surface area contributed by atoms with E-state index >= 15 is 0 Å². The lowest BCUT2D eigenvalue weighted by Crippen LogP contribution is -2.17. The molecule has 1 N–H and O–H groups in total. The molecule has 2 aromatic heterocycles. The van der Waals surface area contributed by atoms with Crippen molar-refractivity contribution in [3.63, 3.8) is 0 Å². The smallest absolute Gasteiger partial charge is 0.433 e. The van der Waals surface area contributed by atoms with Crippen LogP contribution in [0.2, 0.25) is 0 Å². The van der Waals surface area contributed by atoms with E-state index in [-0.39, 0.29) is 33.8 Å². The van der Waals surface area contributed by atoms with Crippen molar-refractivity contribution in [2.75, 3.05) is 12.4 Å². The van der Waals surface area contributed by atoms with Gasteiger partial charge >= 0.3 is 12.1 Å². The van der Waals surface area contributed by atoms with Crippen molar-refractivity contribution in [2.24, 2.45) is 0 Å². The molecule has 2 aromatic carbocycles. The molecule has 0 radical (unpaired) electrons. The van der Waals surface area contributed by atoms with Gasteiger partial charge in [-0.1, -0.05) is 12.1 Å². The number of anilines is 1. The Morgan fingerprint density at radius 1 is 1.03 bits per heavy atom. The molecule has 0 saturated carbocycles. The van der Waals surface area contributed by atoms with E-state index in [0.29, 0.717) is 4.52 Å². The lowest BCUT2D eigenvalue weighted by atomic mass is 10.1. The van der Waals surface area contributed by atoms with E-state index in [0.717, 1.165) is 24.3 Å². The molecule has 4 aromatic rings. The molecule has 7 nitrogen and oxygen atoms in total. The molecule has 0 fully saturated rings. The van der Waals surface area contributed by atoms with Gasteiger partial charge in [0.25, 0.3) is 5.91 Å². The lowest BCUT2D eigenvalue weighted by molar-refractivity contribution is -0.142. The average Bonchev–Trinajstić information content (AvgIpc) is 3.22. The van der Waals surface area contributed by atoms with Crippen LogP contribution in [0.5, 0.6) is 0 Å². The molecule has 1 amide bonds. The first kappa shape index (κ1) is 21.9. The Balaban J connectivity index is 1.77. The van der Waals surface area contributed by atoms with Crippen molar-refractivity contribution in [1.29, 1.82) is 0 Å². The summed E-state index contributed by atoms with van der Waals surface area (Å²) in [7, 11) is 1.17. The summed E-state index contributed by atoms with van der Waals surface area (Å²) in [6.45, 7) is 0. The maximum absolute atomic E-state index is 13.7. The number of hydrogen-bond acceptors (Lipinski definition) is 5. The van der Waals surface area contributed by atoms with Gasteiger partial charge in [0.05, 0.1) is 24.1 Å². The van der Waals surface area contributed by atoms with Gasteiger partial charge in [0.15, 0.2) is 17.0 Å². The number of alkyl halides is 3. The normalized spacial score (nSPS) is 11.4. The quantitative estimate of drug-likeness (QED) is 0.357. The monoisotopic (exact) mass is 458 g/mol. The standard InChI is InChI=1S/C22H14F4N4O3/c1-33-21(32)14-4-2-3-5-15(14)28-20(31)17-11-19-27-16(12-6-8-13(23)9-7-12)10-18(22(24,25)26)30(19)29-17/h2-11H,1H3,(H,28,31). The fraction of sp³-hybridized carbons (Fsp3) is 0.0909. The third kappa shape index (κ3) is 4.38. The minimum Gasteiger partial charge on any atom is -0.465 e. The van der Waals surface area contributed by atoms with E-state index in [1.54, 1.807) is 12.1 Å². The Bertz CT molecular complexity index is 1360. The average molecular weight is 458 g/mol. The van der Waals surface area contributed by atoms with Crippen LogP contribution in [-0.4, -0.2) is 33.6 Å². The van der Waals surface area contributed by atoms with Gasteiger partial charge in [0, 0.05) is 11.6 Å². The third-order valence-electron chi connectivity index (χ3n) is 4.67. The van der Waals surface area contributed by atoms with Crippen molar-refractivity contribution in [3.05, 3.63) is 83.4 Å². The molecule has 0 spiro atoms. The van der Waals surface area contributed by atoms with Gasteiger partial charge in [0.2, 0.25) is 0 Å². The number of nitrogens with zero attached hydrogens (tertiary/aromatic N) is 3. The Hall–Kier alpha value is -4.28. The van der Waals surface area contributed by atoms with Crippen LogP contribution in [0.3, 0.4) is 0 Å². The van der Waals surface area contributed by atoms with Crippen molar-refractivity contribution in [1.82, 2.24) is 14.6 Å². The van der Waals surface area contributed by atoms with Gasteiger partial charge in [-0.15, -0.1) is 0 Å². The molecule has 11 heteroatoms. The fourth-order valence-electron chi connectivity index (χ4n) is 3.12. The number of benzene rings is 2. The largest absolute Gasteiger partial charge is 0.465 e. The molecule has 0 aliphatic carbocycles. The summed E-state index contributed by atoms with van der Waals surface area (Å²) in [4.78, 5) is 28.7. The maximum Gasteiger partial charge on any atom is 0.433 e. The van der Waals surface area contributed by atoms with Crippen LogP contribution in [0.4, 0.5) is 23.2 Å². The van der Waals surface area contributed by atoms with Gasteiger partial charge in [-0.05, 0) is 42.5 Å². The number of aromatic nitrogens is 3. The number of rotatable bonds is 4. The summed E-state index contributed by atoms with van der Waals surface area (Å²) >= 11 is 0. The highest BCUT2D eigenvalue weighted by molar-refractivity contribution is 6.07. The van der Waals surface area contributed by atoms with E-state index in [1.165, 1.54) is 31.4 Å². The highest BCUT2D eigenvalue weighted by atomic mass is 19.4. The number of carbonyl (C=O) groups is 2. The second-order valence-corrected chi connectivity index (χ2v) is 6.82. The molecule has 4 rings (SSSR count). The number of methoxy groups -OCH3 is 1. The summed E-state index contributed by atoms with van der Waals surface area (Å²) in [6, 6.07) is 12.6. The zero-order chi connectivity index (χ0) is 23.8. The van der Waals surface area contributed by atoms with Crippen LogP contribution >= 0.6 is 0 Å². The lowest BCUT2D eigenvalue weighted by Gasteiger charge is -2.11. The van der Waals surface area contributed by atoms with Crippen LogP contribution < -0.4 is 5.32 Å². The van der Waals surface area contributed by atoms with Gasteiger partial charge in [-0.3, -0.25) is 4.79 Å². The molecule has 0 aliphatic rings. The minimum absolute atomic E-state index is 0.0600. The number of fused-ring (bicyclic) bond motifs is 1. The SMILES string of the molecule is COC(=O)c1ccccc1NC(=O)c1cc2nc(-c3ccc(F)cc3)cc(C(F)(F)F)n2n1. The van der Waals surface area contributed by atoms with Crippen LogP contribution in [0.25, 0.3) is 16.9 Å². The number of nitrogens with one attached hydrogen (secondary N) is 1. The number of ether oxygens (including phenoxy) is 1. The number of carbonyl (C=O) groups excluding carboxylic acids is 2. The number of hydrogen-bond donors (Lipinski definition) is 1. The van der Waals surface area contributed by atoms with E-state index < -0.39 is 29.6 Å². The van der Waals surface area contributed by atoms with Gasteiger partial charge < -0.3 is 10.1 Å². The molecule has 0 aliphatic heterocycles. The van der Waals surface area contributed by atoms with E-state index in [1.807, 2.05) is 0 Å². The predicted octanol–water partition coefficient (Wildman–Crippen LogP) is 4.59. The number of para-hydroxylation sites is 1. The summed E-state index contributed by atoms with van der Waals surface area (Å²) in [6.07, 6.45) is -4.81. The summed E-state index contributed by atoms with van der Waals surface area (Å²) in [5.41, 5.74) is -1.42. The van der Waals surface area contributed by atoms with E-state index in [4.69, 9.17) is 0 Å². The molecule has 0 bridgehead atoms. The second kappa shape index (κ2) is 8.34. The molecular formula is C22H14F4N4O3. The highest BCUT2D eigenvalue weighted by Crippen LogP contribution is 2.32. The van der Waals surface area contributed by atoms with E-state index in [9.17, 15) is 27.2 Å². The molecular weight excluding hydrogens is 444 g/mol. The Labute approximate surface area is 183 Å². The first-order valence-electron chi connectivity index (χ1n) is 9.40. The Morgan fingerprint density at radius 2 is 1.73 bits per heavy atom. The van der Waals surface area contributed by atoms with Crippen molar-refractivity contribution in [3.8, 4) is 11.3 Å². The van der Waals surface area contributed by atoms with Crippen molar-refractivity contribution < 1.29 is 31.9 Å². The summed E-state index contributed by atoms with van der Waals surface area (Å²) in [5.74, 6) is -2.11. The molecule has 33 heavy (non-hydrogen) atoms. The molecule has 2 heterocycles. The topological polar surface area (TPSA) is 85.6 Å². The molecule has 0 unspecified atom stereocenters. The fourth-order valence-corrected chi connectivity index (χ4v) is 3.12. The number of halogens is 4. The van der Waals surface area contributed by atoms with Crippen LogP contribution in [-0.2, 0) is 10.9 Å². The van der Waals surface area contributed by atoms with Crippen LogP contribution in [0.1, 0.15) is 26.5 Å². The van der Waals surface area contributed by atoms with Gasteiger partial charge in [-0.25, -0.2) is 18.7 Å². The number of amides is 1. The number of esters is 1. The highest BCUT2D eigenvalue weighted by Gasteiger charge is 2.35. The second-order valence-electron chi connectivity index (χ2n) is 6.82. The van der Waals surface area contributed by atoms with E-state index in [2.05, 4.69) is 20.1 Å². The zero-order valence-electron chi connectivity index (χ0n) is 16.9. The summed E-state index contributed by atoms with van der Waals surface area (Å²) < 4.78 is 59.5. The molecule has 0 saturated heterocycles. The zero-order valence-corrected chi connectivity index (χ0v) is 16.9. The van der Waals surface area contributed by atoms with Crippen LogP contribution in [0.15, 0.2) is 60.7 Å². The first-order valence-corrected chi connectivity index (χ1v) is 9.40. The van der Waals surface area contributed by atoms with Gasteiger partial charge in [0.1, 0.15) is 5.82 Å². The predicted molar refractivity (Wildman–Crippen MR) is 109 cm³/mol. The maximum atomic E-state index is 13.7. The third-order valence-corrected chi connectivity index (χ3v) is 4.67. The first-order chi connectivity index (χ1) is 15.7. The van der Waals surface area contributed by atoms with Crippen LogP contribution in [0, 0.1) is 5.82 Å². The minimum atomic E-state index is -4.81. The van der Waals surface area contributed by atoms with Gasteiger partial charge in [-0.2, -0.15) is 18.3 Å². The summed E-state index contributed by atoms with van der Waals surface area (Å²) in [5, 5.41) is 6.21. The molecule has 0 atom stereocenters. The Morgan fingerprint density at radius 3 is 2.39 bits per heavy atom. The Kier molecular flexibility index (Phi) is 5.54. The van der Waals surface area contributed by atoms with Crippen molar-refractivity contribution in [2.45, 2.75) is 6.18 Å². The molecule has 168 valence electrons.